The molecule has 1 saturated heterocycles. The Kier molecular flexibility index (Phi) is 3.28. The Morgan fingerprint density at radius 1 is 1.41 bits per heavy atom. The van der Waals surface area contributed by atoms with Gasteiger partial charge in [0, 0.05) is 19.1 Å². The topological polar surface area (TPSA) is 66.6 Å². The Bertz CT molecular complexity index is 408. The molecule has 1 fully saturated rings. The van der Waals surface area contributed by atoms with Gasteiger partial charge in [-0.25, -0.2) is 4.39 Å². The summed E-state index contributed by atoms with van der Waals surface area (Å²) in [6.45, 7) is 1.02. The SMILES string of the molecule is NC1CCN(C(=O)c2c(O)cccc2F)CC1. The Hall–Kier alpha value is -1.62. The molecular formula is C12H15FN2O2. The molecule has 1 aliphatic rings. The third-order valence-electron chi connectivity index (χ3n) is 3.03. The monoisotopic (exact) mass is 238 g/mol. The van der Waals surface area contributed by atoms with Crippen LogP contribution in [0.4, 0.5) is 4.39 Å². The number of hydrogen-bond acceptors (Lipinski definition) is 3. The second kappa shape index (κ2) is 4.71. The molecule has 0 spiro atoms. The van der Waals surface area contributed by atoms with Gasteiger partial charge in [0.15, 0.2) is 0 Å². The summed E-state index contributed by atoms with van der Waals surface area (Å²) in [6.07, 6.45) is 1.42. The number of nitrogens with zero attached hydrogens (tertiary/aromatic N) is 1. The van der Waals surface area contributed by atoms with Gasteiger partial charge in [0.1, 0.15) is 17.1 Å². The molecule has 1 amide bonds. The standard InChI is InChI=1S/C12H15FN2O2/c13-9-2-1-3-10(16)11(9)12(17)15-6-4-8(14)5-7-15/h1-3,8,16H,4-7,14H2. The smallest absolute Gasteiger partial charge is 0.260 e. The van der Waals surface area contributed by atoms with Crippen LogP contribution in [0, 0.1) is 5.82 Å². The van der Waals surface area contributed by atoms with Gasteiger partial charge in [-0.2, -0.15) is 0 Å². The fourth-order valence-corrected chi connectivity index (χ4v) is 1.99. The van der Waals surface area contributed by atoms with E-state index in [9.17, 15) is 14.3 Å². The minimum absolute atomic E-state index is 0.105. The molecule has 1 aromatic rings. The van der Waals surface area contributed by atoms with Crippen molar-refractivity contribution in [3.63, 3.8) is 0 Å². The summed E-state index contributed by atoms with van der Waals surface area (Å²) < 4.78 is 13.5. The van der Waals surface area contributed by atoms with E-state index < -0.39 is 11.7 Å². The van der Waals surface area contributed by atoms with Gasteiger partial charge in [0.25, 0.3) is 5.91 Å². The number of amides is 1. The van der Waals surface area contributed by atoms with Gasteiger partial charge in [-0.1, -0.05) is 6.07 Å². The summed E-state index contributed by atoms with van der Waals surface area (Å²) in [6, 6.07) is 3.95. The van der Waals surface area contributed by atoms with Gasteiger partial charge < -0.3 is 15.7 Å². The van der Waals surface area contributed by atoms with Crippen molar-refractivity contribution in [1.29, 1.82) is 0 Å². The summed E-state index contributed by atoms with van der Waals surface area (Å²) in [4.78, 5) is 13.6. The highest BCUT2D eigenvalue weighted by atomic mass is 19.1. The number of phenolic OH excluding ortho intramolecular Hbond substituents is 1. The molecule has 1 heterocycles. The molecule has 0 radical (unpaired) electrons. The highest BCUT2D eigenvalue weighted by molar-refractivity contribution is 5.97. The normalized spacial score (nSPS) is 17.2. The number of phenols is 1. The molecule has 0 aromatic heterocycles. The van der Waals surface area contributed by atoms with Gasteiger partial charge in [-0.05, 0) is 25.0 Å². The minimum Gasteiger partial charge on any atom is -0.507 e. The molecule has 1 aliphatic heterocycles. The van der Waals surface area contributed by atoms with Crippen LogP contribution >= 0.6 is 0 Å². The number of nitrogens with two attached hydrogens (primary N) is 1. The number of rotatable bonds is 1. The molecule has 5 heteroatoms. The quantitative estimate of drug-likeness (QED) is 0.769. The number of halogens is 1. The van der Waals surface area contributed by atoms with E-state index in [0.29, 0.717) is 25.9 Å². The fourth-order valence-electron chi connectivity index (χ4n) is 1.99. The van der Waals surface area contributed by atoms with Crippen LogP contribution in [-0.2, 0) is 0 Å². The molecule has 0 unspecified atom stereocenters. The van der Waals surface area contributed by atoms with E-state index in [2.05, 4.69) is 0 Å². The van der Waals surface area contributed by atoms with E-state index in [1.165, 1.54) is 23.1 Å². The molecule has 92 valence electrons. The lowest BCUT2D eigenvalue weighted by Crippen LogP contribution is -2.43. The zero-order valence-electron chi connectivity index (χ0n) is 9.40. The summed E-state index contributed by atoms with van der Waals surface area (Å²) in [5.74, 6) is -1.47. The van der Waals surface area contributed by atoms with Crippen molar-refractivity contribution in [1.82, 2.24) is 4.90 Å². The Labute approximate surface area is 98.8 Å². The first-order chi connectivity index (χ1) is 8.09. The lowest BCUT2D eigenvalue weighted by Gasteiger charge is -2.30. The van der Waals surface area contributed by atoms with Crippen LogP contribution in [0.15, 0.2) is 18.2 Å². The molecular weight excluding hydrogens is 223 g/mol. The number of aromatic hydroxyl groups is 1. The van der Waals surface area contributed by atoms with Crippen molar-refractivity contribution >= 4 is 5.91 Å². The third kappa shape index (κ3) is 2.39. The van der Waals surface area contributed by atoms with Crippen molar-refractivity contribution in [3.05, 3.63) is 29.6 Å². The zero-order valence-corrected chi connectivity index (χ0v) is 9.40. The van der Waals surface area contributed by atoms with Crippen molar-refractivity contribution < 1.29 is 14.3 Å². The highest BCUT2D eigenvalue weighted by Gasteiger charge is 2.25. The van der Waals surface area contributed by atoms with Gasteiger partial charge in [-0.15, -0.1) is 0 Å². The van der Waals surface area contributed by atoms with Gasteiger partial charge >= 0.3 is 0 Å². The van der Waals surface area contributed by atoms with E-state index in [4.69, 9.17) is 5.73 Å². The van der Waals surface area contributed by atoms with Crippen LogP contribution in [-0.4, -0.2) is 35.0 Å². The summed E-state index contributed by atoms with van der Waals surface area (Å²) >= 11 is 0. The summed E-state index contributed by atoms with van der Waals surface area (Å²) in [7, 11) is 0. The van der Waals surface area contributed by atoms with E-state index in [1.807, 2.05) is 0 Å². The Morgan fingerprint density at radius 3 is 2.65 bits per heavy atom. The number of likely N-dealkylation sites (tertiary alicyclic amines) is 1. The average molecular weight is 238 g/mol. The maximum absolute atomic E-state index is 13.5. The van der Waals surface area contributed by atoms with E-state index in [0.717, 1.165) is 0 Å². The van der Waals surface area contributed by atoms with Crippen LogP contribution in [0.2, 0.25) is 0 Å². The minimum atomic E-state index is -0.690. The number of piperidine rings is 1. The molecule has 4 nitrogen and oxygen atoms in total. The molecule has 0 bridgehead atoms. The van der Waals surface area contributed by atoms with E-state index >= 15 is 0 Å². The molecule has 3 N–H and O–H groups in total. The van der Waals surface area contributed by atoms with Crippen LogP contribution in [0.5, 0.6) is 5.75 Å². The maximum atomic E-state index is 13.5. The lowest BCUT2D eigenvalue weighted by atomic mass is 10.0. The summed E-state index contributed by atoms with van der Waals surface area (Å²) in [5.41, 5.74) is 5.49. The fraction of sp³-hybridized carbons (Fsp3) is 0.417. The molecule has 1 aromatic carbocycles. The van der Waals surface area contributed by atoms with Crippen molar-refractivity contribution in [3.8, 4) is 5.75 Å². The van der Waals surface area contributed by atoms with Crippen molar-refractivity contribution in [2.75, 3.05) is 13.1 Å². The number of carbonyl (C=O) groups is 1. The largest absolute Gasteiger partial charge is 0.507 e. The zero-order chi connectivity index (χ0) is 12.4. The average Bonchev–Trinajstić information content (AvgIpc) is 2.29. The first kappa shape index (κ1) is 11.9. The van der Waals surface area contributed by atoms with Crippen LogP contribution in [0.25, 0.3) is 0 Å². The second-order valence-corrected chi connectivity index (χ2v) is 4.26. The van der Waals surface area contributed by atoms with Crippen LogP contribution in [0.3, 0.4) is 0 Å². The van der Waals surface area contributed by atoms with Crippen LogP contribution < -0.4 is 5.73 Å². The van der Waals surface area contributed by atoms with Crippen molar-refractivity contribution in [2.24, 2.45) is 5.73 Å². The second-order valence-electron chi connectivity index (χ2n) is 4.26. The van der Waals surface area contributed by atoms with E-state index in [1.54, 1.807) is 0 Å². The highest BCUT2D eigenvalue weighted by Crippen LogP contribution is 2.23. The van der Waals surface area contributed by atoms with Gasteiger partial charge in [0.2, 0.25) is 0 Å². The first-order valence-corrected chi connectivity index (χ1v) is 5.62. The molecule has 2 rings (SSSR count). The molecule has 0 aliphatic carbocycles. The number of benzene rings is 1. The predicted octanol–water partition coefficient (Wildman–Crippen LogP) is 1.09. The van der Waals surface area contributed by atoms with Gasteiger partial charge in [-0.3, -0.25) is 4.79 Å². The lowest BCUT2D eigenvalue weighted by molar-refractivity contribution is 0.0706. The number of hydrogen-bond donors (Lipinski definition) is 2. The Balaban J connectivity index is 2.20. The Morgan fingerprint density at radius 2 is 2.06 bits per heavy atom. The van der Waals surface area contributed by atoms with Crippen LogP contribution in [0.1, 0.15) is 23.2 Å². The molecule has 0 saturated carbocycles. The summed E-state index contributed by atoms with van der Waals surface area (Å²) in [5, 5.41) is 9.53. The van der Waals surface area contributed by atoms with Crippen molar-refractivity contribution in [2.45, 2.75) is 18.9 Å². The van der Waals surface area contributed by atoms with Gasteiger partial charge in [0.05, 0.1) is 0 Å². The third-order valence-corrected chi connectivity index (χ3v) is 3.03. The molecule has 17 heavy (non-hydrogen) atoms. The maximum Gasteiger partial charge on any atom is 0.260 e. The molecule has 0 atom stereocenters. The van der Waals surface area contributed by atoms with E-state index in [-0.39, 0.29) is 17.4 Å². The number of carbonyl (C=O) groups excluding carboxylic acids is 1. The first-order valence-electron chi connectivity index (χ1n) is 5.62. The predicted molar refractivity (Wildman–Crippen MR) is 61.2 cm³/mol.